The van der Waals surface area contributed by atoms with Crippen molar-refractivity contribution in [2.45, 2.75) is 31.9 Å². The van der Waals surface area contributed by atoms with Gasteiger partial charge < -0.3 is 20.4 Å². The Hall–Kier alpha value is -3.04. The maximum Gasteiger partial charge on any atom is 0.490 e. The van der Waals surface area contributed by atoms with Gasteiger partial charge in [0, 0.05) is 35.6 Å². The van der Waals surface area contributed by atoms with E-state index in [0.717, 1.165) is 43.8 Å². The van der Waals surface area contributed by atoms with Crippen molar-refractivity contribution in [1.82, 2.24) is 5.32 Å². The van der Waals surface area contributed by atoms with Gasteiger partial charge in [-0.15, -0.1) is 0 Å². The van der Waals surface area contributed by atoms with Crippen molar-refractivity contribution >= 4 is 34.9 Å². The number of unbranched alkanes of at least 4 members (excludes halogenated alkanes) is 1. The third-order valence-electron chi connectivity index (χ3n) is 5.03. The van der Waals surface area contributed by atoms with Gasteiger partial charge in [-0.2, -0.15) is 13.2 Å². The normalized spacial score (nSPS) is 12.9. The highest BCUT2D eigenvalue weighted by molar-refractivity contribution is 6.30. The Morgan fingerprint density at radius 1 is 1.03 bits per heavy atom. The van der Waals surface area contributed by atoms with Crippen LogP contribution in [0.1, 0.15) is 24.0 Å². The van der Waals surface area contributed by atoms with Crippen LogP contribution in [-0.2, 0) is 22.4 Å². The first kappa shape index (κ1) is 27.2. The number of aliphatic carboxylic acids is 2. The summed E-state index contributed by atoms with van der Waals surface area (Å²) in [4.78, 5) is 21.7. The molecule has 0 atom stereocenters. The van der Waals surface area contributed by atoms with Crippen LogP contribution in [0.2, 0.25) is 5.02 Å². The summed E-state index contributed by atoms with van der Waals surface area (Å²) in [5, 5.41) is 19.7. The van der Waals surface area contributed by atoms with E-state index in [1.807, 2.05) is 6.07 Å². The van der Waals surface area contributed by atoms with Crippen molar-refractivity contribution in [3.05, 3.63) is 70.8 Å². The molecule has 0 amide bonds. The molecule has 0 unspecified atom stereocenters. The number of nitrogens with zero attached hydrogens (tertiary/aromatic N) is 1. The van der Waals surface area contributed by atoms with E-state index in [2.05, 4.69) is 46.6 Å². The summed E-state index contributed by atoms with van der Waals surface area (Å²) >= 11 is 6.29. The Kier molecular flexibility index (Phi) is 10.4. The van der Waals surface area contributed by atoms with Gasteiger partial charge in [0.05, 0.1) is 0 Å². The Morgan fingerprint density at radius 3 is 2.32 bits per heavy atom. The molecule has 1 aliphatic rings. The standard InChI is InChI=1S/C22H25ClN2O2.C2HF3O2/c23-19-12-11-18-10-9-17-6-1-2-7-20(17)25(21(18)16-19)15-4-3-13-24-14-5-8-22(26)27;3-2(4,5)1(6)7/h1-2,5-8,11-12,16,24H,3-4,9-10,13-15H2,(H,26,27);(H,6,7)/b8-5+;. The number of aryl methyl sites for hydroxylation is 2. The number of alkyl halides is 3. The molecule has 2 aromatic carbocycles. The summed E-state index contributed by atoms with van der Waals surface area (Å²) in [5.74, 6) is -3.67. The predicted molar refractivity (Wildman–Crippen MR) is 125 cm³/mol. The van der Waals surface area contributed by atoms with Crippen molar-refractivity contribution in [3.8, 4) is 0 Å². The van der Waals surface area contributed by atoms with E-state index in [1.165, 1.54) is 28.6 Å². The highest BCUT2D eigenvalue weighted by Gasteiger charge is 2.38. The van der Waals surface area contributed by atoms with Gasteiger partial charge in [-0.1, -0.05) is 41.9 Å². The summed E-state index contributed by atoms with van der Waals surface area (Å²) in [6.07, 6.45) is 1.84. The summed E-state index contributed by atoms with van der Waals surface area (Å²) in [6, 6.07) is 14.8. The average Bonchev–Trinajstić information content (AvgIpc) is 2.92. The van der Waals surface area contributed by atoms with Crippen molar-refractivity contribution in [2.24, 2.45) is 0 Å². The quantitative estimate of drug-likeness (QED) is 0.341. The van der Waals surface area contributed by atoms with E-state index in [4.69, 9.17) is 26.6 Å². The number of rotatable bonds is 8. The minimum absolute atomic E-state index is 0.581. The smallest absolute Gasteiger partial charge is 0.478 e. The lowest BCUT2D eigenvalue weighted by Gasteiger charge is -2.27. The van der Waals surface area contributed by atoms with Crippen LogP contribution in [-0.4, -0.2) is 48.0 Å². The molecule has 0 radical (unpaired) electrons. The summed E-state index contributed by atoms with van der Waals surface area (Å²) in [7, 11) is 0. The van der Waals surface area contributed by atoms with E-state index in [1.54, 1.807) is 6.08 Å². The molecule has 0 aromatic heterocycles. The number of carbonyl (C=O) groups is 2. The fourth-order valence-corrected chi connectivity index (χ4v) is 3.66. The second-order valence-corrected chi connectivity index (χ2v) is 7.94. The van der Waals surface area contributed by atoms with Crippen LogP contribution in [0, 0.1) is 0 Å². The van der Waals surface area contributed by atoms with Gasteiger partial charge in [0.15, 0.2) is 0 Å². The van der Waals surface area contributed by atoms with Gasteiger partial charge in [-0.3, -0.25) is 0 Å². The van der Waals surface area contributed by atoms with Gasteiger partial charge >= 0.3 is 18.1 Å². The molecule has 0 saturated carbocycles. The molecule has 0 saturated heterocycles. The van der Waals surface area contributed by atoms with Crippen molar-refractivity contribution in [1.29, 1.82) is 0 Å². The van der Waals surface area contributed by atoms with E-state index < -0.39 is 18.1 Å². The zero-order chi connectivity index (χ0) is 25.1. The lowest BCUT2D eigenvalue weighted by Crippen LogP contribution is -2.22. The highest BCUT2D eigenvalue weighted by atomic mass is 35.5. The predicted octanol–water partition coefficient (Wildman–Crippen LogP) is 5.22. The molecule has 3 rings (SSSR count). The first-order valence-corrected chi connectivity index (χ1v) is 11.0. The monoisotopic (exact) mass is 498 g/mol. The van der Waals surface area contributed by atoms with Crippen LogP contribution in [0.5, 0.6) is 0 Å². The molecule has 2 aromatic rings. The van der Waals surface area contributed by atoms with Crippen LogP contribution in [0.25, 0.3) is 0 Å². The molecule has 184 valence electrons. The second-order valence-electron chi connectivity index (χ2n) is 7.51. The maximum absolute atomic E-state index is 10.6. The zero-order valence-corrected chi connectivity index (χ0v) is 19.1. The van der Waals surface area contributed by atoms with Crippen LogP contribution >= 0.6 is 11.6 Å². The van der Waals surface area contributed by atoms with E-state index in [-0.39, 0.29) is 0 Å². The van der Waals surface area contributed by atoms with E-state index in [9.17, 15) is 18.0 Å². The molecule has 1 aliphatic heterocycles. The van der Waals surface area contributed by atoms with Crippen molar-refractivity contribution in [2.75, 3.05) is 24.5 Å². The van der Waals surface area contributed by atoms with Crippen LogP contribution in [0.3, 0.4) is 0 Å². The number of nitrogens with one attached hydrogen (secondary N) is 1. The number of hydrogen-bond donors (Lipinski definition) is 3. The fraction of sp³-hybridized carbons (Fsp3) is 0.333. The number of carboxylic acids is 2. The topological polar surface area (TPSA) is 89.9 Å². The van der Waals surface area contributed by atoms with Crippen molar-refractivity contribution in [3.63, 3.8) is 0 Å². The van der Waals surface area contributed by atoms with Gasteiger partial charge in [-0.05, 0) is 61.6 Å². The van der Waals surface area contributed by atoms with E-state index in [0.29, 0.717) is 6.54 Å². The number of para-hydroxylation sites is 1. The molecule has 0 bridgehead atoms. The first-order chi connectivity index (χ1) is 16.1. The Bertz CT molecular complexity index is 1010. The van der Waals surface area contributed by atoms with Crippen LogP contribution in [0.15, 0.2) is 54.6 Å². The number of hydrogen-bond acceptors (Lipinski definition) is 4. The molecule has 1 heterocycles. The van der Waals surface area contributed by atoms with E-state index >= 15 is 0 Å². The Labute approximate surface area is 200 Å². The Balaban J connectivity index is 0.000000509. The minimum atomic E-state index is -5.08. The lowest BCUT2D eigenvalue weighted by molar-refractivity contribution is -0.192. The minimum Gasteiger partial charge on any atom is -0.478 e. The van der Waals surface area contributed by atoms with Gasteiger partial charge in [0.25, 0.3) is 0 Å². The largest absolute Gasteiger partial charge is 0.490 e. The average molecular weight is 499 g/mol. The van der Waals surface area contributed by atoms with Crippen molar-refractivity contribution < 1.29 is 33.0 Å². The summed E-state index contributed by atoms with van der Waals surface area (Å²) in [6.45, 7) is 2.37. The van der Waals surface area contributed by atoms with Gasteiger partial charge in [-0.25, -0.2) is 9.59 Å². The summed E-state index contributed by atoms with van der Waals surface area (Å²) in [5.41, 5.74) is 5.20. The lowest BCUT2D eigenvalue weighted by atomic mass is 10.0. The molecular formula is C24H26ClF3N2O4. The number of fused-ring (bicyclic) bond motifs is 2. The molecule has 0 fully saturated rings. The fourth-order valence-electron chi connectivity index (χ4n) is 3.49. The third-order valence-corrected chi connectivity index (χ3v) is 5.27. The molecular weight excluding hydrogens is 473 g/mol. The number of halogens is 4. The number of benzene rings is 2. The first-order valence-electron chi connectivity index (χ1n) is 10.6. The molecule has 3 N–H and O–H groups in total. The van der Waals surface area contributed by atoms with Gasteiger partial charge in [0.1, 0.15) is 0 Å². The molecule has 34 heavy (non-hydrogen) atoms. The van der Waals surface area contributed by atoms with Crippen LogP contribution < -0.4 is 10.2 Å². The number of carboxylic acid groups (broad SMARTS) is 2. The molecule has 10 heteroatoms. The number of anilines is 2. The van der Waals surface area contributed by atoms with Gasteiger partial charge in [0.2, 0.25) is 0 Å². The molecule has 6 nitrogen and oxygen atoms in total. The molecule has 0 spiro atoms. The highest BCUT2D eigenvalue weighted by Crippen LogP contribution is 2.37. The third kappa shape index (κ3) is 8.72. The molecule has 0 aliphatic carbocycles. The second kappa shape index (κ2) is 13.0. The summed E-state index contributed by atoms with van der Waals surface area (Å²) < 4.78 is 31.7. The van der Waals surface area contributed by atoms with Crippen LogP contribution in [0.4, 0.5) is 24.5 Å². The zero-order valence-electron chi connectivity index (χ0n) is 18.3. The maximum atomic E-state index is 10.6. The Morgan fingerprint density at radius 2 is 1.68 bits per heavy atom. The SMILES string of the molecule is O=C(O)/C=C/CNCCCCN1c2ccccc2CCc2ccc(Cl)cc21.O=C(O)C(F)(F)F.